The van der Waals surface area contributed by atoms with Crippen molar-refractivity contribution in [1.29, 1.82) is 0 Å². The second-order valence-electron chi connectivity index (χ2n) is 7.58. The number of benzene rings is 3. The van der Waals surface area contributed by atoms with Crippen molar-refractivity contribution in [2.45, 2.75) is 13.3 Å². The molecular formula is C26H25FN4O2. The predicted molar refractivity (Wildman–Crippen MR) is 130 cm³/mol. The van der Waals surface area contributed by atoms with Crippen LogP contribution in [0.15, 0.2) is 77.9 Å². The molecule has 0 saturated heterocycles. The number of aromatic nitrogens is 1. The van der Waals surface area contributed by atoms with Crippen LogP contribution >= 0.6 is 0 Å². The first-order valence-electron chi connectivity index (χ1n) is 10.6. The van der Waals surface area contributed by atoms with Gasteiger partial charge in [-0.25, -0.2) is 4.39 Å². The Kier molecular flexibility index (Phi) is 6.69. The van der Waals surface area contributed by atoms with Crippen molar-refractivity contribution in [1.82, 2.24) is 10.3 Å². The fourth-order valence-electron chi connectivity index (χ4n) is 3.53. The van der Waals surface area contributed by atoms with Crippen molar-refractivity contribution in [2.75, 3.05) is 19.0 Å². The van der Waals surface area contributed by atoms with E-state index in [1.807, 2.05) is 48.7 Å². The van der Waals surface area contributed by atoms with E-state index in [0.717, 1.165) is 16.5 Å². The van der Waals surface area contributed by atoms with Gasteiger partial charge in [-0.05, 0) is 54.8 Å². The smallest absolute Gasteiger partial charge is 0.258 e. The highest BCUT2D eigenvalue weighted by atomic mass is 19.1. The molecule has 0 radical (unpaired) electrons. The Morgan fingerprint density at radius 1 is 1.09 bits per heavy atom. The number of H-pyrrole nitrogens is 1. The molecule has 33 heavy (non-hydrogen) atoms. The Morgan fingerprint density at radius 2 is 1.88 bits per heavy atom. The lowest BCUT2D eigenvalue weighted by molar-refractivity contribution is 0.0976. The highest BCUT2D eigenvalue weighted by Crippen LogP contribution is 2.23. The molecule has 0 saturated carbocycles. The predicted octanol–water partition coefficient (Wildman–Crippen LogP) is 5.06. The monoisotopic (exact) mass is 444 g/mol. The number of nitrogens with zero attached hydrogens (tertiary/aromatic N) is 1. The van der Waals surface area contributed by atoms with Crippen molar-refractivity contribution < 1.29 is 13.9 Å². The number of carbonyl (C=O) groups is 1. The fourth-order valence-corrected chi connectivity index (χ4v) is 3.53. The molecule has 0 spiro atoms. The number of hydrogen-bond acceptors (Lipinski definition) is 3. The number of para-hydroxylation sites is 3. The molecule has 168 valence electrons. The van der Waals surface area contributed by atoms with Crippen LogP contribution in [0.25, 0.3) is 10.9 Å². The fraction of sp³-hybridized carbons (Fsp3) is 0.154. The van der Waals surface area contributed by atoms with Crippen LogP contribution < -0.4 is 15.4 Å². The highest BCUT2D eigenvalue weighted by molar-refractivity contribution is 6.10. The summed E-state index contributed by atoms with van der Waals surface area (Å²) in [4.78, 5) is 20.6. The van der Waals surface area contributed by atoms with E-state index in [9.17, 15) is 9.18 Å². The summed E-state index contributed by atoms with van der Waals surface area (Å²) in [5.41, 5.74) is 3.55. The number of nitrogens with one attached hydrogen (secondary N) is 3. The number of amides is 1. The van der Waals surface area contributed by atoms with Gasteiger partial charge >= 0.3 is 0 Å². The number of halogens is 1. The standard InChI is InChI=1S/C26H25FN4O2/c1-17-11-12-18(15-21(17)27)25(32)31-26(30-23-9-5-6-10-24(23)33-2)28-14-13-19-16-29-22-8-4-3-7-20(19)22/h3-12,15-16,29H,13-14H2,1-2H3,(H2,28,30,31,32). The normalized spacial score (nSPS) is 11.4. The van der Waals surface area contributed by atoms with Gasteiger partial charge in [0.05, 0.1) is 12.8 Å². The van der Waals surface area contributed by atoms with E-state index in [0.29, 0.717) is 30.0 Å². The van der Waals surface area contributed by atoms with E-state index >= 15 is 0 Å². The lowest BCUT2D eigenvalue weighted by Crippen LogP contribution is -2.36. The van der Waals surface area contributed by atoms with Crippen molar-refractivity contribution in [2.24, 2.45) is 4.99 Å². The first-order chi connectivity index (χ1) is 16.0. The van der Waals surface area contributed by atoms with Gasteiger partial charge in [-0.1, -0.05) is 36.4 Å². The van der Waals surface area contributed by atoms with Gasteiger partial charge in [0, 0.05) is 29.2 Å². The van der Waals surface area contributed by atoms with Crippen LogP contribution in [0.2, 0.25) is 0 Å². The zero-order valence-corrected chi connectivity index (χ0v) is 18.5. The number of carbonyl (C=O) groups excluding carboxylic acids is 1. The molecule has 7 heteroatoms. The summed E-state index contributed by atoms with van der Waals surface area (Å²) in [7, 11) is 1.57. The third-order valence-electron chi connectivity index (χ3n) is 5.35. The number of fused-ring (bicyclic) bond motifs is 1. The third kappa shape index (κ3) is 5.20. The molecule has 1 amide bonds. The van der Waals surface area contributed by atoms with Crippen molar-refractivity contribution in [3.8, 4) is 5.75 Å². The van der Waals surface area contributed by atoms with Crippen molar-refractivity contribution in [3.63, 3.8) is 0 Å². The molecule has 0 aliphatic carbocycles. The van der Waals surface area contributed by atoms with Gasteiger partial charge in [0.2, 0.25) is 5.96 Å². The van der Waals surface area contributed by atoms with E-state index in [1.165, 1.54) is 6.07 Å². The van der Waals surface area contributed by atoms with Crippen LogP contribution in [-0.2, 0) is 6.42 Å². The number of hydrogen-bond donors (Lipinski definition) is 3. The van der Waals surface area contributed by atoms with Crippen molar-refractivity contribution in [3.05, 3.63) is 95.4 Å². The Labute approximate surface area is 191 Å². The molecule has 0 fully saturated rings. The van der Waals surface area contributed by atoms with Crippen LogP contribution in [0.4, 0.5) is 10.1 Å². The summed E-state index contributed by atoms with van der Waals surface area (Å²) < 4.78 is 19.4. The number of anilines is 1. The van der Waals surface area contributed by atoms with Gasteiger partial charge < -0.3 is 15.0 Å². The zero-order chi connectivity index (χ0) is 23.2. The van der Waals surface area contributed by atoms with Crippen LogP contribution in [0.3, 0.4) is 0 Å². The van der Waals surface area contributed by atoms with Gasteiger partial charge in [-0.15, -0.1) is 0 Å². The van der Waals surface area contributed by atoms with Gasteiger partial charge in [-0.3, -0.25) is 15.1 Å². The molecule has 0 atom stereocenters. The third-order valence-corrected chi connectivity index (χ3v) is 5.35. The molecule has 1 heterocycles. The van der Waals surface area contributed by atoms with Crippen LogP contribution in [0.1, 0.15) is 21.5 Å². The summed E-state index contributed by atoms with van der Waals surface area (Å²) in [5, 5.41) is 7.05. The summed E-state index contributed by atoms with van der Waals surface area (Å²) in [6, 6.07) is 19.8. The van der Waals surface area contributed by atoms with Crippen LogP contribution in [0, 0.1) is 12.7 Å². The molecule has 4 rings (SSSR count). The molecule has 3 N–H and O–H groups in total. The zero-order valence-electron chi connectivity index (χ0n) is 18.5. The molecule has 0 bridgehead atoms. The molecule has 0 aliphatic heterocycles. The van der Waals surface area contributed by atoms with E-state index in [2.05, 4.69) is 26.7 Å². The second kappa shape index (κ2) is 9.99. The average Bonchev–Trinajstić information content (AvgIpc) is 3.24. The minimum absolute atomic E-state index is 0.212. The maximum Gasteiger partial charge on any atom is 0.258 e. The Hall–Kier alpha value is -4.13. The molecule has 0 aliphatic rings. The molecule has 6 nitrogen and oxygen atoms in total. The number of aryl methyl sites for hydroxylation is 1. The number of methoxy groups -OCH3 is 1. The summed E-state index contributed by atoms with van der Waals surface area (Å²) in [6.45, 7) is 2.08. The number of aromatic amines is 1. The molecule has 3 aromatic carbocycles. The molecule has 0 unspecified atom stereocenters. The SMILES string of the molecule is COc1ccccc1NC(=NCCc1c[nH]c2ccccc12)NC(=O)c1ccc(C)c(F)c1. The lowest BCUT2D eigenvalue weighted by Gasteiger charge is -2.14. The Balaban J connectivity index is 1.55. The number of rotatable bonds is 6. The largest absolute Gasteiger partial charge is 0.495 e. The minimum atomic E-state index is -0.456. The van der Waals surface area contributed by atoms with Crippen LogP contribution in [-0.4, -0.2) is 30.5 Å². The van der Waals surface area contributed by atoms with Gasteiger partial charge in [-0.2, -0.15) is 0 Å². The minimum Gasteiger partial charge on any atom is -0.495 e. The summed E-state index contributed by atoms with van der Waals surface area (Å²) >= 11 is 0. The van der Waals surface area contributed by atoms with E-state index in [1.54, 1.807) is 26.2 Å². The average molecular weight is 445 g/mol. The van der Waals surface area contributed by atoms with Crippen molar-refractivity contribution >= 4 is 28.5 Å². The number of ether oxygens (including phenoxy) is 1. The summed E-state index contributed by atoms with van der Waals surface area (Å²) in [6.07, 6.45) is 2.65. The topological polar surface area (TPSA) is 78.5 Å². The summed E-state index contributed by atoms with van der Waals surface area (Å²) in [5.74, 6) is -0.0249. The molecular weight excluding hydrogens is 419 g/mol. The molecule has 4 aromatic rings. The lowest BCUT2D eigenvalue weighted by atomic mass is 10.1. The Bertz CT molecular complexity index is 1310. The first kappa shape index (κ1) is 22.1. The first-order valence-corrected chi connectivity index (χ1v) is 10.6. The second-order valence-corrected chi connectivity index (χ2v) is 7.58. The van der Waals surface area contributed by atoms with Gasteiger partial charge in [0.1, 0.15) is 11.6 Å². The van der Waals surface area contributed by atoms with E-state index < -0.39 is 11.7 Å². The highest BCUT2D eigenvalue weighted by Gasteiger charge is 2.13. The molecule has 1 aromatic heterocycles. The maximum atomic E-state index is 14.0. The quantitative estimate of drug-likeness (QED) is 0.287. The van der Waals surface area contributed by atoms with E-state index in [-0.39, 0.29) is 11.5 Å². The van der Waals surface area contributed by atoms with Gasteiger partial charge in [0.25, 0.3) is 5.91 Å². The number of guanidine groups is 1. The van der Waals surface area contributed by atoms with Gasteiger partial charge in [0.15, 0.2) is 0 Å². The number of aliphatic imine (C=N–C) groups is 1. The maximum absolute atomic E-state index is 14.0. The van der Waals surface area contributed by atoms with Crippen LogP contribution in [0.5, 0.6) is 5.75 Å². The Morgan fingerprint density at radius 3 is 2.70 bits per heavy atom. The van der Waals surface area contributed by atoms with E-state index in [4.69, 9.17) is 4.74 Å².